The molecule has 0 heterocycles. The molecule has 21 heavy (non-hydrogen) atoms. The van der Waals surface area contributed by atoms with E-state index in [-0.39, 0.29) is 11.1 Å². The van der Waals surface area contributed by atoms with Crippen molar-refractivity contribution in [3.8, 4) is 0 Å². The van der Waals surface area contributed by atoms with Crippen molar-refractivity contribution in [3.63, 3.8) is 0 Å². The second kappa shape index (κ2) is 7.03. The first kappa shape index (κ1) is 18.3. The van der Waals surface area contributed by atoms with Gasteiger partial charge < -0.3 is 4.43 Å². The van der Waals surface area contributed by atoms with Crippen molar-refractivity contribution >= 4 is 19.1 Å². The summed E-state index contributed by atoms with van der Waals surface area (Å²) in [5.41, 5.74) is 1.17. The number of benzene rings is 1. The fourth-order valence-electron chi connectivity index (χ4n) is 1.64. The number of hydrogen-bond acceptors (Lipinski definition) is 2. The molecule has 4 heteroatoms. The van der Waals surface area contributed by atoms with Crippen LogP contribution in [0.2, 0.25) is 18.1 Å². The minimum atomic E-state index is -1.87. The lowest BCUT2D eigenvalue weighted by Crippen LogP contribution is -2.44. The van der Waals surface area contributed by atoms with Gasteiger partial charge in [-0.2, -0.15) is 0 Å². The Bertz CT molecular complexity index is 501. The molecule has 1 aromatic carbocycles. The molecule has 0 aliphatic rings. The normalized spacial score (nSPS) is 15.5. The van der Waals surface area contributed by atoms with Gasteiger partial charge >= 0.3 is 0 Å². The molecule has 0 fully saturated rings. The average molecular weight is 325 g/mol. The quantitative estimate of drug-likeness (QED) is 0.561. The largest absolute Gasteiger partial charge is 0.410 e. The maximum atomic E-state index is 12.5. The molecule has 2 nitrogen and oxygen atoms in total. The molecule has 0 amide bonds. The molecule has 2 atom stereocenters. The van der Waals surface area contributed by atoms with Crippen molar-refractivity contribution in [2.24, 2.45) is 0 Å². The first-order valence-electron chi connectivity index (χ1n) is 7.32. The van der Waals surface area contributed by atoms with Crippen LogP contribution in [-0.2, 0) is 15.2 Å². The fourth-order valence-corrected chi connectivity index (χ4v) is 4.19. The van der Waals surface area contributed by atoms with Gasteiger partial charge in [0, 0.05) is 4.90 Å². The fraction of sp³-hybridized carbons (Fsp3) is 0.529. The highest BCUT2D eigenvalue weighted by atomic mass is 32.2. The van der Waals surface area contributed by atoms with Crippen molar-refractivity contribution in [3.05, 3.63) is 42.5 Å². The van der Waals surface area contributed by atoms with Gasteiger partial charge in [0.1, 0.15) is 0 Å². The summed E-state index contributed by atoms with van der Waals surface area (Å²) in [6.45, 7) is 16.9. The second-order valence-electron chi connectivity index (χ2n) is 6.98. The van der Waals surface area contributed by atoms with E-state index in [0.29, 0.717) is 5.75 Å². The average Bonchev–Trinajstić information content (AvgIpc) is 2.37. The molecule has 0 saturated heterocycles. The van der Waals surface area contributed by atoms with Gasteiger partial charge in [-0.05, 0) is 37.2 Å². The van der Waals surface area contributed by atoms with E-state index in [1.54, 1.807) is 6.08 Å². The van der Waals surface area contributed by atoms with Crippen LogP contribution in [0.4, 0.5) is 0 Å². The third-order valence-corrected chi connectivity index (χ3v) is 10.0. The molecule has 0 radical (unpaired) electrons. The SMILES string of the molecule is C=C[C@@H](C[S@@](=O)c1ccc(C)cc1)O[Si](C)(C)C(C)(C)C. The molecule has 0 unspecified atom stereocenters. The summed E-state index contributed by atoms with van der Waals surface area (Å²) >= 11 is 0. The number of aryl methyl sites for hydroxylation is 1. The standard InChI is InChI=1S/C17H28O2SSi/c1-8-15(19-21(6,7)17(3,4)5)13-20(18)16-11-9-14(2)10-12-16/h8-12,15H,1,13H2,2-7H3/t15-,20+/m0/s1. The van der Waals surface area contributed by atoms with Crippen LogP contribution in [0, 0.1) is 6.92 Å². The van der Waals surface area contributed by atoms with E-state index in [4.69, 9.17) is 4.43 Å². The highest BCUT2D eigenvalue weighted by Crippen LogP contribution is 2.37. The first-order valence-corrected chi connectivity index (χ1v) is 11.5. The predicted molar refractivity (Wildman–Crippen MR) is 94.7 cm³/mol. The van der Waals surface area contributed by atoms with Gasteiger partial charge in [0.25, 0.3) is 0 Å². The van der Waals surface area contributed by atoms with Gasteiger partial charge in [-0.25, -0.2) is 0 Å². The van der Waals surface area contributed by atoms with E-state index in [0.717, 1.165) is 4.90 Å². The van der Waals surface area contributed by atoms with Crippen LogP contribution < -0.4 is 0 Å². The molecule has 0 bridgehead atoms. The Morgan fingerprint density at radius 2 is 1.81 bits per heavy atom. The van der Waals surface area contributed by atoms with Crippen molar-refractivity contribution in [1.29, 1.82) is 0 Å². The molecule has 0 aliphatic carbocycles. The van der Waals surface area contributed by atoms with Crippen LogP contribution in [0.3, 0.4) is 0 Å². The van der Waals surface area contributed by atoms with E-state index in [1.807, 2.05) is 31.2 Å². The molecular weight excluding hydrogens is 296 g/mol. The summed E-state index contributed by atoms with van der Waals surface area (Å²) in [7, 11) is -2.93. The van der Waals surface area contributed by atoms with Crippen LogP contribution in [0.1, 0.15) is 26.3 Å². The Morgan fingerprint density at radius 3 is 2.24 bits per heavy atom. The van der Waals surface area contributed by atoms with E-state index < -0.39 is 19.1 Å². The molecule has 0 aliphatic heterocycles. The summed E-state index contributed by atoms with van der Waals surface area (Å²) in [5, 5.41) is 0.139. The van der Waals surface area contributed by atoms with Gasteiger partial charge in [0.2, 0.25) is 0 Å². The molecule has 1 rings (SSSR count). The molecule has 0 aromatic heterocycles. The minimum absolute atomic E-state index is 0.139. The molecule has 0 saturated carbocycles. The van der Waals surface area contributed by atoms with Gasteiger partial charge in [-0.1, -0.05) is 44.5 Å². The molecular formula is C17H28O2SSi. The monoisotopic (exact) mass is 324 g/mol. The van der Waals surface area contributed by atoms with Gasteiger partial charge in [-0.3, -0.25) is 4.21 Å². The van der Waals surface area contributed by atoms with Crippen molar-refractivity contribution < 1.29 is 8.63 Å². The van der Waals surface area contributed by atoms with Crippen molar-refractivity contribution in [2.75, 3.05) is 5.75 Å². The topological polar surface area (TPSA) is 26.3 Å². The lowest BCUT2D eigenvalue weighted by molar-refractivity contribution is 0.246. The van der Waals surface area contributed by atoms with Crippen molar-refractivity contribution in [1.82, 2.24) is 0 Å². The number of rotatable bonds is 6. The zero-order valence-electron chi connectivity index (χ0n) is 14.1. The smallest absolute Gasteiger partial charge is 0.192 e. The van der Waals surface area contributed by atoms with Crippen LogP contribution in [0.15, 0.2) is 41.8 Å². The highest BCUT2D eigenvalue weighted by Gasteiger charge is 2.38. The van der Waals surface area contributed by atoms with E-state index in [2.05, 4.69) is 40.4 Å². The maximum Gasteiger partial charge on any atom is 0.192 e. The van der Waals surface area contributed by atoms with Crippen LogP contribution >= 0.6 is 0 Å². The lowest BCUT2D eigenvalue weighted by Gasteiger charge is -2.38. The van der Waals surface area contributed by atoms with Gasteiger partial charge in [-0.15, -0.1) is 6.58 Å². The van der Waals surface area contributed by atoms with Gasteiger partial charge in [0.15, 0.2) is 8.32 Å². The summed E-state index contributed by atoms with van der Waals surface area (Å²) in [6, 6.07) is 7.84. The lowest BCUT2D eigenvalue weighted by atomic mass is 10.2. The Kier molecular flexibility index (Phi) is 6.14. The molecule has 0 spiro atoms. The first-order chi connectivity index (χ1) is 9.56. The molecule has 1 aromatic rings. The Hall–Kier alpha value is -0.713. The third kappa shape index (κ3) is 5.20. The zero-order valence-corrected chi connectivity index (χ0v) is 15.9. The summed E-state index contributed by atoms with van der Waals surface area (Å²) in [4.78, 5) is 0.853. The maximum absolute atomic E-state index is 12.5. The van der Waals surface area contributed by atoms with Crippen LogP contribution in [0.25, 0.3) is 0 Å². The summed E-state index contributed by atoms with van der Waals surface area (Å²) in [6.07, 6.45) is 1.63. The van der Waals surface area contributed by atoms with E-state index in [1.165, 1.54) is 5.56 Å². The number of hydrogen-bond donors (Lipinski definition) is 0. The Labute approximate surface area is 133 Å². The third-order valence-electron chi connectivity index (χ3n) is 4.11. The Morgan fingerprint density at radius 1 is 1.29 bits per heavy atom. The van der Waals surface area contributed by atoms with E-state index >= 15 is 0 Å². The summed E-state index contributed by atoms with van der Waals surface area (Å²) < 4.78 is 18.8. The van der Waals surface area contributed by atoms with Crippen LogP contribution in [-0.4, -0.2) is 24.4 Å². The van der Waals surface area contributed by atoms with Gasteiger partial charge in [0.05, 0.1) is 22.7 Å². The predicted octanol–water partition coefficient (Wildman–Crippen LogP) is 4.68. The van der Waals surface area contributed by atoms with Crippen LogP contribution in [0.5, 0.6) is 0 Å². The minimum Gasteiger partial charge on any atom is -0.410 e. The second-order valence-corrected chi connectivity index (χ2v) is 13.2. The molecule has 118 valence electrons. The zero-order chi connectivity index (χ0) is 16.3. The van der Waals surface area contributed by atoms with E-state index in [9.17, 15) is 4.21 Å². The Balaban J connectivity index is 2.77. The molecule has 0 N–H and O–H groups in total. The highest BCUT2D eigenvalue weighted by molar-refractivity contribution is 7.85. The summed E-state index contributed by atoms with van der Waals surface area (Å²) in [5.74, 6) is 0.471. The van der Waals surface area contributed by atoms with Crippen molar-refractivity contribution in [2.45, 2.75) is 56.8 Å².